The van der Waals surface area contributed by atoms with Gasteiger partial charge < -0.3 is 5.73 Å². The molecule has 2 rings (SSSR count). The largest absolute Gasteiger partial charge is 0.321 e. The summed E-state index contributed by atoms with van der Waals surface area (Å²) in [5.41, 5.74) is 6.77. The number of rotatable bonds is 2. The number of benzene rings is 2. The Bertz CT molecular complexity index is 505. The van der Waals surface area contributed by atoms with Crippen molar-refractivity contribution in [1.82, 2.24) is 0 Å². The summed E-state index contributed by atoms with van der Waals surface area (Å²) in [6.45, 7) is 3.65. The van der Waals surface area contributed by atoms with Crippen molar-refractivity contribution in [3.05, 3.63) is 60.4 Å². The lowest BCUT2D eigenvalue weighted by atomic mass is 9.99. The van der Waals surface area contributed by atoms with Crippen LogP contribution in [0.25, 0.3) is 10.8 Å². The summed E-state index contributed by atoms with van der Waals surface area (Å²) in [5, 5.41) is 1.46. The van der Waals surface area contributed by atoms with Gasteiger partial charge in [0, 0.05) is 11.4 Å². The fourth-order valence-corrected chi connectivity index (χ4v) is 1.70. The summed E-state index contributed by atoms with van der Waals surface area (Å²) >= 11 is 0. The number of hydrogen-bond acceptors (Lipinski definition) is 1. The van der Waals surface area contributed by atoms with E-state index in [9.17, 15) is 4.39 Å². The van der Waals surface area contributed by atoms with Crippen LogP contribution in [0.3, 0.4) is 0 Å². The van der Waals surface area contributed by atoms with E-state index in [1.807, 2.05) is 18.2 Å². The van der Waals surface area contributed by atoms with Crippen molar-refractivity contribution < 1.29 is 4.39 Å². The molecule has 0 fully saturated rings. The molecule has 1 nitrogen and oxygen atoms in total. The Hall–Kier alpha value is -1.67. The lowest BCUT2D eigenvalue weighted by Gasteiger charge is -2.10. The summed E-state index contributed by atoms with van der Waals surface area (Å²) in [6.07, 6.45) is 1.65. The van der Waals surface area contributed by atoms with Crippen molar-refractivity contribution in [3.63, 3.8) is 0 Å². The normalized spacial score (nSPS) is 12.7. The van der Waals surface area contributed by atoms with Gasteiger partial charge in [0.05, 0.1) is 0 Å². The zero-order valence-electron chi connectivity index (χ0n) is 8.28. The highest BCUT2D eigenvalue weighted by atomic mass is 19.1. The molecule has 1 atom stereocenters. The Morgan fingerprint density at radius 3 is 2.47 bits per heavy atom. The molecule has 0 saturated carbocycles. The fourth-order valence-electron chi connectivity index (χ4n) is 1.70. The van der Waals surface area contributed by atoms with E-state index in [-0.39, 0.29) is 11.9 Å². The first kappa shape index (κ1) is 9.87. The lowest BCUT2D eigenvalue weighted by Crippen LogP contribution is -2.07. The van der Waals surface area contributed by atoms with E-state index in [0.717, 1.165) is 10.9 Å². The molecule has 0 radical (unpaired) electrons. The van der Waals surface area contributed by atoms with Gasteiger partial charge in [-0.05, 0) is 17.0 Å². The van der Waals surface area contributed by atoms with Crippen LogP contribution in [-0.2, 0) is 0 Å². The third kappa shape index (κ3) is 1.64. The van der Waals surface area contributed by atoms with Crippen molar-refractivity contribution in [3.8, 4) is 0 Å². The monoisotopic (exact) mass is 201 g/mol. The van der Waals surface area contributed by atoms with E-state index >= 15 is 0 Å². The molecule has 0 bridgehead atoms. The van der Waals surface area contributed by atoms with Gasteiger partial charge in [0.1, 0.15) is 5.82 Å². The first-order valence-electron chi connectivity index (χ1n) is 4.79. The maximum Gasteiger partial charge on any atom is 0.131 e. The third-order valence-corrected chi connectivity index (χ3v) is 2.52. The molecular formula is C13H12FN. The molecule has 2 N–H and O–H groups in total. The van der Waals surface area contributed by atoms with Crippen LogP contribution in [0.1, 0.15) is 11.6 Å². The van der Waals surface area contributed by atoms with E-state index in [4.69, 9.17) is 5.73 Å². The molecule has 0 aliphatic heterocycles. The second-order valence-corrected chi connectivity index (χ2v) is 3.44. The molecule has 2 aromatic carbocycles. The Labute approximate surface area is 88.0 Å². The maximum absolute atomic E-state index is 13.5. The molecule has 0 unspecified atom stereocenters. The third-order valence-electron chi connectivity index (χ3n) is 2.52. The van der Waals surface area contributed by atoms with Gasteiger partial charge in [-0.25, -0.2) is 4.39 Å². The predicted octanol–water partition coefficient (Wildman–Crippen LogP) is 3.16. The van der Waals surface area contributed by atoms with Gasteiger partial charge in [-0.15, -0.1) is 6.58 Å². The minimum atomic E-state index is -0.254. The second kappa shape index (κ2) is 3.83. The SMILES string of the molecule is C=C[C@@H](N)c1ccc(F)c2ccccc12. The lowest BCUT2D eigenvalue weighted by molar-refractivity contribution is 0.639. The van der Waals surface area contributed by atoms with Crippen molar-refractivity contribution in [2.24, 2.45) is 5.73 Å². The molecule has 0 aromatic heterocycles. The molecule has 76 valence electrons. The molecule has 15 heavy (non-hydrogen) atoms. The molecule has 0 amide bonds. The minimum Gasteiger partial charge on any atom is -0.321 e. The standard InChI is InChI=1S/C13H12FN/c1-2-13(15)11-7-8-12(14)10-6-4-3-5-9(10)11/h2-8,13H,1,15H2/t13-/m1/s1. The van der Waals surface area contributed by atoms with Gasteiger partial charge in [0.2, 0.25) is 0 Å². The Balaban J connectivity index is 2.77. The van der Waals surface area contributed by atoms with Gasteiger partial charge in [0.25, 0.3) is 0 Å². The van der Waals surface area contributed by atoms with Gasteiger partial charge in [0.15, 0.2) is 0 Å². The van der Waals surface area contributed by atoms with Gasteiger partial charge >= 0.3 is 0 Å². The smallest absolute Gasteiger partial charge is 0.131 e. The van der Waals surface area contributed by atoms with Crippen LogP contribution in [0.2, 0.25) is 0 Å². The van der Waals surface area contributed by atoms with Crippen LogP contribution in [0, 0.1) is 5.82 Å². The second-order valence-electron chi connectivity index (χ2n) is 3.44. The van der Waals surface area contributed by atoms with Crippen molar-refractivity contribution in [2.75, 3.05) is 0 Å². The molecule has 0 heterocycles. The summed E-state index contributed by atoms with van der Waals surface area (Å²) in [6, 6.07) is 10.2. The average Bonchev–Trinajstić information content (AvgIpc) is 2.29. The van der Waals surface area contributed by atoms with Crippen LogP contribution in [0.4, 0.5) is 4.39 Å². The van der Waals surface area contributed by atoms with Crippen molar-refractivity contribution in [1.29, 1.82) is 0 Å². The molecule has 0 aliphatic rings. The van der Waals surface area contributed by atoms with E-state index in [1.54, 1.807) is 18.2 Å². The summed E-state index contributed by atoms with van der Waals surface area (Å²) in [5.74, 6) is -0.217. The average molecular weight is 201 g/mol. The zero-order valence-corrected chi connectivity index (χ0v) is 8.28. The van der Waals surface area contributed by atoms with Crippen LogP contribution in [0.5, 0.6) is 0 Å². The minimum absolute atomic E-state index is 0.217. The Morgan fingerprint density at radius 2 is 1.80 bits per heavy atom. The van der Waals surface area contributed by atoms with Gasteiger partial charge in [-0.3, -0.25) is 0 Å². The van der Waals surface area contributed by atoms with E-state index in [0.29, 0.717) is 5.39 Å². The quantitative estimate of drug-likeness (QED) is 0.742. The molecule has 2 heteroatoms. The van der Waals surface area contributed by atoms with Crippen molar-refractivity contribution in [2.45, 2.75) is 6.04 Å². The highest BCUT2D eigenvalue weighted by Crippen LogP contribution is 2.25. The highest BCUT2D eigenvalue weighted by Gasteiger charge is 2.08. The van der Waals surface area contributed by atoms with Crippen LogP contribution in [-0.4, -0.2) is 0 Å². The number of fused-ring (bicyclic) bond motifs is 1. The summed E-state index contributed by atoms with van der Waals surface area (Å²) in [7, 11) is 0. The van der Waals surface area contributed by atoms with Gasteiger partial charge in [-0.2, -0.15) is 0 Å². The van der Waals surface area contributed by atoms with E-state index in [1.165, 1.54) is 6.07 Å². The predicted molar refractivity (Wildman–Crippen MR) is 61.0 cm³/mol. The first-order chi connectivity index (χ1) is 7.24. The molecule has 0 spiro atoms. The first-order valence-corrected chi connectivity index (χ1v) is 4.79. The zero-order chi connectivity index (χ0) is 10.8. The summed E-state index contributed by atoms with van der Waals surface area (Å²) < 4.78 is 13.5. The number of halogens is 1. The Kier molecular flexibility index (Phi) is 2.52. The molecule has 0 saturated heterocycles. The van der Waals surface area contributed by atoms with Crippen LogP contribution >= 0.6 is 0 Å². The molecule has 2 aromatic rings. The van der Waals surface area contributed by atoms with Crippen molar-refractivity contribution >= 4 is 10.8 Å². The van der Waals surface area contributed by atoms with Crippen LogP contribution in [0.15, 0.2) is 49.1 Å². The molecular weight excluding hydrogens is 189 g/mol. The molecule has 0 aliphatic carbocycles. The number of hydrogen-bond donors (Lipinski definition) is 1. The highest BCUT2D eigenvalue weighted by molar-refractivity contribution is 5.86. The van der Waals surface area contributed by atoms with E-state index < -0.39 is 0 Å². The Morgan fingerprint density at radius 1 is 1.13 bits per heavy atom. The number of nitrogens with two attached hydrogens (primary N) is 1. The topological polar surface area (TPSA) is 26.0 Å². The van der Waals surface area contributed by atoms with Crippen LogP contribution < -0.4 is 5.73 Å². The van der Waals surface area contributed by atoms with Gasteiger partial charge in [-0.1, -0.05) is 36.4 Å². The van der Waals surface area contributed by atoms with E-state index in [2.05, 4.69) is 6.58 Å². The maximum atomic E-state index is 13.5. The summed E-state index contributed by atoms with van der Waals surface area (Å²) in [4.78, 5) is 0. The fraction of sp³-hybridized carbons (Fsp3) is 0.0769.